The number of benzene rings is 4. The number of hydrogen-bond donors (Lipinski definition) is 0. The van der Waals surface area contributed by atoms with Crippen LogP contribution in [0.1, 0.15) is 11.1 Å². The first-order chi connectivity index (χ1) is 14.4. The minimum Gasteiger partial charge on any atom is -0.248 e. The van der Waals surface area contributed by atoms with Gasteiger partial charge in [-0.2, -0.15) is 0 Å². The summed E-state index contributed by atoms with van der Waals surface area (Å²) in [6.07, 6.45) is 0.840. The average Bonchev–Trinajstić information content (AvgIpc) is 2.78. The van der Waals surface area contributed by atoms with E-state index < -0.39 is 0 Å². The maximum Gasteiger partial charge on any atom is 0.0712 e. The number of rotatable bonds is 2. The molecule has 0 amide bonds. The van der Waals surface area contributed by atoms with Crippen molar-refractivity contribution in [3.8, 4) is 0 Å². The fourth-order valence-electron chi connectivity index (χ4n) is 4.41. The van der Waals surface area contributed by atoms with Gasteiger partial charge in [0.05, 0.1) is 22.1 Å². The summed E-state index contributed by atoms with van der Waals surface area (Å²) in [4.78, 5) is 9.78. The van der Waals surface area contributed by atoms with Crippen LogP contribution in [0, 0.1) is 0 Å². The Labute approximate surface area is 168 Å². The second kappa shape index (κ2) is 6.39. The van der Waals surface area contributed by atoms with Crippen molar-refractivity contribution in [3.63, 3.8) is 0 Å². The fraction of sp³-hybridized carbons (Fsp3) is 0.0370. The van der Waals surface area contributed by atoms with Crippen molar-refractivity contribution >= 4 is 43.6 Å². The Balaban J connectivity index is 1.73. The zero-order valence-electron chi connectivity index (χ0n) is 15.8. The number of fused-ring (bicyclic) bond motifs is 4. The van der Waals surface area contributed by atoms with Gasteiger partial charge in [0.25, 0.3) is 0 Å². The van der Waals surface area contributed by atoms with Crippen molar-refractivity contribution in [3.05, 3.63) is 108 Å². The standard InChI is InChI=1S/C27H18N2/c1-5-13-24-18(9-1)22(19-10-2-6-14-25(19)28-24)17-23-20-11-3-7-15-26(20)29-27-16-8-4-12-21(23)27/h1-16H,17H2. The summed E-state index contributed by atoms with van der Waals surface area (Å²) in [5.74, 6) is 0. The van der Waals surface area contributed by atoms with Gasteiger partial charge in [-0.25, -0.2) is 9.97 Å². The van der Waals surface area contributed by atoms with E-state index in [0.717, 1.165) is 28.5 Å². The molecule has 0 N–H and O–H groups in total. The fourth-order valence-corrected chi connectivity index (χ4v) is 4.41. The number of nitrogens with zero attached hydrogens (tertiary/aromatic N) is 2. The van der Waals surface area contributed by atoms with Gasteiger partial charge in [0.2, 0.25) is 0 Å². The second-order valence-electron chi connectivity index (χ2n) is 7.43. The monoisotopic (exact) mass is 370 g/mol. The van der Waals surface area contributed by atoms with Gasteiger partial charge in [0, 0.05) is 28.0 Å². The van der Waals surface area contributed by atoms with Crippen LogP contribution in [-0.4, -0.2) is 9.97 Å². The third kappa shape index (κ3) is 2.57. The molecule has 0 fully saturated rings. The molecule has 6 aromatic rings. The maximum absolute atomic E-state index is 4.89. The van der Waals surface area contributed by atoms with E-state index in [0.29, 0.717) is 0 Å². The molecule has 4 aromatic carbocycles. The van der Waals surface area contributed by atoms with E-state index in [1.807, 2.05) is 0 Å². The molecule has 2 nitrogen and oxygen atoms in total. The van der Waals surface area contributed by atoms with Crippen molar-refractivity contribution < 1.29 is 0 Å². The van der Waals surface area contributed by atoms with Crippen LogP contribution in [0.15, 0.2) is 97.1 Å². The highest BCUT2D eigenvalue weighted by molar-refractivity contribution is 6.01. The van der Waals surface area contributed by atoms with Gasteiger partial charge in [0.15, 0.2) is 0 Å². The van der Waals surface area contributed by atoms with Gasteiger partial charge in [-0.3, -0.25) is 0 Å². The predicted octanol–water partition coefficient (Wildman–Crippen LogP) is 6.68. The first kappa shape index (κ1) is 16.2. The molecule has 2 heterocycles. The molecule has 136 valence electrons. The van der Waals surface area contributed by atoms with Crippen molar-refractivity contribution in [1.82, 2.24) is 9.97 Å². The molecule has 0 atom stereocenters. The predicted molar refractivity (Wildman–Crippen MR) is 121 cm³/mol. The molecule has 0 saturated carbocycles. The summed E-state index contributed by atoms with van der Waals surface area (Å²) in [7, 11) is 0. The highest BCUT2D eigenvalue weighted by Gasteiger charge is 2.14. The molecule has 0 unspecified atom stereocenters. The Morgan fingerprint density at radius 3 is 0.966 bits per heavy atom. The van der Waals surface area contributed by atoms with Crippen LogP contribution in [0.5, 0.6) is 0 Å². The van der Waals surface area contributed by atoms with Crippen LogP contribution in [0.2, 0.25) is 0 Å². The van der Waals surface area contributed by atoms with E-state index in [9.17, 15) is 0 Å². The van der Waals surface area contributed by atoms with Crippen LogP contribution in [0.25, 0.3) is 43.6 Å². The SMILES string of the molecule is c1ccc2c(Cc3c4ccccc4nc4ccccc34)c3ccccc3nc2c1. The molecular formula is C27H18N2. The Bertz CT molecular complexity index is 1310. The van der Waals surface area contributed by atoms with E-state index >= 15 is 0 Å². The van der Waals surface area contributed by atoms with E-state index in [2.05, 4.69) is 97.1 Å². The first-order valence-electron chi connectivity index (χ1n) is 9.91. The molecule has 0 saturated heterocycles. The lowest BCUT2D eigenvalue weighted by atomic mass is 9.92. The molecule has 0 radical (unpaired) electrons. The number of aromatic nitrogens is 2. The Hall–Kier alpha value is -3.78. The summed E-state index contributed by atoms with van der Waals surface area (Å²) in [6, 6.07) is 33.8. The number of para-hydroxylation sites is 4. The van der Waals surface area contributed by atoms with Gasteiger partial charge in [-0.15, -0.1) is 0 Å². The Morgan fingerprint density at radius 2 is 0.655 bits per heavy atom. The molecule has 0 aliphatic carbocycles. The smallest absolute Gasteiger partial charge is 0.0712 e. The molecule has 2 aromatic heterocycles. The Morgan fingerprint density at radius 1 is 0.379 bits per heavy atom. The summed E-state index contributed by atoms with van der Waals surface area (Å²) in [5.41, 5.74) is 6.83. The third-order valence-corrected chi connectivity index (χ3v) is 5.75. The zero-order valence-corrected chi connectivity index (χ0v) is 15.8. The summed E-state index contributed by atoms with van der Waals surface area (Å²) in [5, 5.41) is 4.87. The molecule has 6 rings (SSSR count). The van der Waals surface area contributed by atoms with Gasteiger partial charge < -0.3 is 0 Å². The van der Waals surface area contributed by atoms with Gasteiger partial charge in [0.1, 0.15) is 0 Å². The van der Waals surface area contributed by atoms with E-state index in [4.69, 9.17) is 9.97 Å². The number of hydrogen-bond acceptors (Lipinski definition) is 2. The quantitative estimate of drug-likeness (QED) is 0.318. The highest BCUT2D eigenvalue weighted by Crippen LogP contribution is 2.33. The lowest BCUT2D eigenvalue weighted by Crippen LogP contribution is -1.98. The zero-order chi connectivity index (χ0) is 19.2. The van der Waals surface area contributed by atoms with Crippen LogP contribution in [0.3, 0.4) is 0 Å². The minimum atomic E-state index is 0.840. The van der Waals surface area contributed by atoms with Crippen molar-refractivity contribution in [2.75, 3.05) is 0 Å². The Kier molecular flexibility index (Phi) is 3.57. The van der Waals surface area contributed by atoms with Crippen molar-refractivity contribution in [2.24, 2.45) is 0 Å². The molecule has 0 aliphatic rings. The van der Waals surface area contributed by atoms with Crippen molar-refractivity contribution in [2.45, 2.75) is 6.42 Å². The number of pyridine rings is 2. The van der Waals surface area contributed by atoms with Crippen molar-refractivity contribution in [1.29, 1.82) is 0 Å². The average molecular weight is 370 g/mol. The van der Waals surface area contributed by atoms with Crippen LogP contribution >= 0.6 is 0 Å². The molecule has 0 bridgehead atoms. The largest absolute Gasteiger partial charge is 0.248 e. The minimum absolute atomic E-state index is 0.840. The molecule has 0 aliphatic heterocycles. The van der Waals surface area contributed by atoms with E-state index in [1.54, 1.807) is 0 Å². The van der Waals surface area contributed by atoms with Gasteiger partial charge in [-0.05, 0) is 35.4 Å². The van der Waals surface area contributed by atoms with Gasteiger partial charge in [-0.1, -0.05) is 72.8 Å². The van der Waals surface area contributed by atoms with Gasteiger partial charge >= 0.3 is 0 Å². The molecule has 29 heavy (non-hydrogen) atoms. The maximum atomic E-state index is 4.89. The molecule has 2 heteroatoms. The van der Waals surface area contributed by atoms with Crippen LogP contribution in [0.4, 0.5) is 0 Å². The highest BCUT2D eigenvalue weighted by atomic mass is 14.7. The lowest BCUT2D eigenvalue weighted by molar-refractivity contribution is 1.26. The summed E-state index contributed by atoms with van der Waals surface area (Å²) < 4.78 is 0. The second-order valence-corrected chi connectivity index (χ2v) is 7.43. The third-order valence-electron chi connectivity index (χ3n) is 5.75. The van der Waals surface area contributed by atoms with E-state index in [1.165, 1.54) is 32.7 Å². The summed E-state index contributed by atoms with van der Waals surface area (Å²) >= 11 is 0. The normalized spacial score (nSPS) is 11.6. The molecule has 0 spiro atoms. The van der Waals surface area contributed by atoms with Crippen LogP contribution < -0.4 is 0 Å². The lowest BCUT2D eigenvalue weighted by Gasteiger charge is -2.15. The van der Waals surface area contributed by atoms with E-state index in [-0.39, 0.29) is 0 Å². The van der Waals surface area contributed by atoms with Crippen LogP contribution in [-0.2, 0) is 6.42 Å². The summed E-state index contributed by atoms with van der Waals surface area (Å²) in [6.45, 7) is 0. The topological polar surface area (TPSA) is 25.8 Å². The first-order valence-corrected chi connectivity index (χ1v) is 9.91. The molecular weight excluding hydrogens is 352 g/mol.